The van der Waals surface area contributed by atoms with Gasteiger partial charge >= 0.3 is 12.3 Å². The number of anilines is 1. The Bertz CT molecular complexity index is 778. The van der Waals surface area contributed by atoms with Crippen LogP contribution in [0.1, 0.15) is 31.7 Å². The predicted octanol–water partition coefficient (Wildman–Crippen LogP) is 2.50. The molecular weight excluding hydrogens is 381 g/mol. The fraction of sp³-hybridized carbons (Fsp3) is 0.438. The monoisotopic (exact) mass is 400 g/mol. The van der Waals surface area contributed by atoms with Crippen LogP contribution in [0.4, 0.5) is 23.7 Å². The average Bonchev–Trinajstić information content (AvgIpc) is 3.12. The lowest BCUT2D eigenvalue weighted by Crippen LogP contribution is -2.39. The highest BCUT2D eigenvalue weighted by atomic mass is 19.4. The molecule has 0 saturated carbocycles. The number of hydrogen-bond donors (Lipinski definition) is 3. The Morgan fingerprint density at radius 2 is 1.89 bits per heavy atom. The van der Waals surface area contributed by atoms with Crippen LogP contribution in [0.25, 0.3) is 0 Å². The van der Waals surface area contributed by atoms with Crippen molar-refractivity contribution in [3.8, 4) is 0 Å². The van der Waals surface area contributed by atoms with Crippen molar-refractivity contribution in [2.45, 2.75) is 39.1 Å². The second kappa shape index (κ2) is 9.15. The van der Waals surface area contributed by atoms with Crippen LogP contribution in [-0.4, -0.2) is 38.7 Å². The number of alkyl halides is 3. The number of H-pyrrole nitrogens is 1. The highest BCUT2D eigenvalue weighted by molar-refractivity contribution is 5.88. The number of nitrogens with zero attached hydrogens (tertiary/aromatic N) is 3. The third kappa shape index (κ3) is 6.52. The van der Waals surface area contributed by atoms with Gasteiger partial charge in [-0.3, -0.25) is 10.1 Å². The first-order valence-corrected chi connectivity index (χ1v) is 8.30. The molecule has 2 aromatic rings. The zero-order valence-corrected chi connectivity index (χ0v) is 15.1. The van der Waals surface area contributed by atoms with Gasteiger partial charge < -0.3 is 10.1 Å². The van der Waals surface area contributed by atoms with Crippen molar-refractivity contribution in [3.05, 3.63) is 35.7 Å². The predicted molar refractivity (Wildman–Crippen MR) is 90.8 cm³/mol. The molecule has 9 nitrogen and oxygen atoms in total. The molecule has 12 heteroatoms. The van der Waals surface area contributed by atoms with Crippen LogP contribution >= 0.6 is 0 Å². The van der Waals surface area contributed by atoms with E-state index in [1.807, 2.05) is 13.8 Å². The van der Waals surface area contributed by atoms with E-state index in [-0.39, 0.29) is 24.6 Å². The number of halogens is 3. The summed E-state index contributed by atoms with van der Waals surface area (Å²) < 4.78 is 42.9. The third-order valence-corrected chi connectivity index (χ3v) is 3.51. The summed E-state index contributed by atoms with van der Waals surface area (Å²) in [6.07, 6.45) is -6.27. The molecular formula is C16H19F3N6O3. The minimum atomic E-state index is -4.47. The van der Waals surface area contributed by atoms with E-state index >= 15 is 0 Å². The van der Waals surface area contributed by atoms with Crippen LogP contribution in [0, 0.1) is 5.92 Å². The Balaban J connectivity index is 1.94. The van der Waals surface area contributed by atoms with Crippen LogP contribution in [0.2, 0.25) is 0 Å². The van der Waals surface area contributed by atoms with E-state index in [1.165, 1.54) is 0 Å². The number of carbonyl (C=O) groups is 2. The zero-order chi connectivity index (χ0) is 20.7. The maximum atomic E-state index is 12.6. The zero-order valence-electron chi connectivity index (χ0n) is 15.1. The van der Waals surface area contributed by atoms with Gasteiger partial charge in [0.25, 0.3) is 5.91 Å². The van der Waals surface area contributed by atoms with E-state index < -0.39 is 29.8 Å². The summed E-state index contributed by atoms with van der Waals surface area (Å²) in [4.78, 5) is 24.3. The van der Waals surface area contributed by atoms with Gasteiger partial charge in [-0.05, 0) is 47.0 Å². The van der Waals surface area contributed by atoms with Crippen molar-refractivity contribution in [1.29, 1.82) is 0 Å². The molecule has 3 N–H and O–H groups in total. The lowest BCUT2D eigenvalue weighted by molar-refractivity contribution is -0.137. The highest BCUT2D eigenvalue weighted by Crippen LogP contribution is 2.29. The number of carbonyl (C=O) groups excluding carboxylic acids is 2. The van der Waals surface area contributed by atoms with Gasteiger partial charge in [0.1, 0.15) is 0 Å². The van der Waals surface area contributed by atoms with Crippen LogP contribution in [-0.2, 0) is 22.3 Å². The van der Waals surface area contributed by atoms with Gasteiger partial charge in [0.15, 0.2) is 11.9 Å². The van der Waals surface area contributed by atoms with Gasteiger partial charge in [-0.2, -0.15) is 13.2 Å². The highest BCUT2D eigenvalue weighted by Gasteiger charge is 2.30. The fourth-order valence-corrected chi connectivity index (χ4v) is 2.19. The van der Waals surface area contributed by atoms with Gasteiger partial charge in [-0.25, -0.2) is 9.89 Å². The number of aromatic nitrogens is 4. The Kier molecular flexibility index (Phi) is 6.90. The minimum Gasteiger partial charge on any atom is -0.436 e. The Morgan fingerprint density at radius 1 is 1.21 bits per heavy atom. The lowest BCUT2D eigenvalue weighted by Gasteiger charge is -2.19. The van der Waals surface area contributed by atoms with Gasteiger partial charge in [0.05, 0.1) is 12.1 Å². The van der Waals surface area contributed by atoms with Crippen molar-refractivity contribution in [2.24, 2.45) is 5.92 Å². The number of aromatic amines is 1. The number of ether oxygens (including phenoxy) is 1. The molecule has 1 aromatic carbocycles. The van der Waals surface area contributed by atoms with Gasteiger partial charge in [-0.1, -0.05) is 13.8 Å². The second-order valence-electron chi connectivity index (χ2n) is 6.29. The summed E-state index contributed by atoms with van der Waals surface area (Å²) in [5, 5.41) is 17.7. The molecule has 0 aliphatic carbocycles. The number of benzene rings is 1. The summed E-state index contributed by atoms with van der Waals surface area (Å²) in [7, 11) is 0. The standard InChI is InChI=1S/C16H19F3N6O3/c1-9(2)7-12(14(26)20-8-13-22-24-25-23-13)28-15(27)21-11-5-3-10(4-6-11)16(17,18)19/h3-6,9,12H,7-8H2,1-2H3,(H,20,26)(H,21,27)(H,22,23,24,25). The topological polar surface area (TPSA) is 122 Å². The Labute approximate surface area is 158 Å². The van der Waals surface area contributed by atoms with Crippen LogP contribution in [0.3, 0.4) is 0 Å². The largest absolute Gasteiger partial charge is 0.436 e. The first kappa shape index (κ1) is 21.1. The molecule has 1 atom stereocenters. The molecule has 152 valence electrons. The van der Waals surface area contributed by atoms with E-state index in [4.69, 9.17) is 4.74 Å². The SMILES string of the molecule is CC(C)CC(OC(=O)Nc1ccc(C(F)(F)F)cc1)C(=O)NCc1nnn[nH]1. The van der Waals surface area contributed by atoms with E-state index in [1.54, 1.807) is 0 Å². The number of tetrazole rings is 1. The first-order chi connectivity index (χ1) is 13.1. The molecule has 0 radical (unpaired) electrons. The molecule has 1 unspecified atom stereocenters. The van der Waals surface area contributed by atoms with E-state index in [2.05, 4.69) is 31.3 Å². The van der Waals surface area contributed by atoms with Crippen LogP contribution in [0.5, 0.6) is 0 Å². The van der Waals surface area contributed by atoms with Crippen molar-refractivity contribution in [3.63, 3.8) is 0 Å². The number of nitrogens with one attached hydrogen (secondary N) is 3. The molecule has 0 aliphatic heterocycles. The average molecular weight is 400 g/mol. The molecule has 0 spiro atoms. The minimum absolute atomic E-state index is 0.0182. The van der Waals surface area contributed by atoms with Crippen molar-refractivity contribution in [2.75, 3.05) is 5.32 Å². The van der Waals surface area contributed by atoms with Crippen molar-refractivity contribution >= 4 is 17.7 Å². The number of hydrogen-bond acceptors (Lipinski definition) is 6. The summed E-state index contributed by atoms with van der Waals surface area (Å²) >= 11 is 0. The molecule has 2 rings (SSSR count). The maximum Gasteiger partial charge on any atom is 0.416 e. The smallest absolute Gasteiger partial charge is 0.416 e. The fourth-order valence-electron chi connectivity index (χ4n) is 2.19. The first-order valence-electron chi connectivity index (χ1n) is 8.30. The van der Waals surface area contributed by atoms with Gasteiger partial charge in [0.2, 0.25) is 0 Å². The molecule has 28 heavy (non-hydrogen) atoms. The Morgan fingerprint density at radius 3 is 2.43 bits per heavy atom. The molecule has 0 bridgehead atoms. The lowest BCUT2D eigenvalue weighted by atomic mass is 10.1. The molecule has 1 heterocycles. The van der Waals surface area contributed by atoms with E-state index in [0.717, 1.165) is 24.3 Å². The summed E-state index contributed by atoms with van der Waals surface area (Å²) in [5.41, 5.74) is -0.736. The van der Waals surface area contributed by atoms with Crippen molar-refractivity contribution in [1.82, 2.24) is 25.9 Å². The normalized spacial score (nSPS) is 12.5. The Hall–Kier alpha value is -3.18. The quantitative estimate of drug-likeness (QED) is 0.656. The van der Waals surface area contributed by atoms with Gasteiger partial charge in [0, 0.05) is 5.69 Å². The summed E-state index contributed by atoms with van der Waals surface area (Å²) in [6, 6.07) is 3.86. The van der Waals surface area contributed by atoms with Crippen molar-refractivity contribution < 1.29 is 27.5 Å². The summed E-state index contributed by atoms with van der Waals surface area (Å²) in [6.45, 7) is 3.71. The van der Waals surface area contributed by atoms with E-state index in [0.29, 0.717) is 5.82 Å². The molecule has 1 aromatic heterocycles. The van der Waals surface area contributed by atoms with Gasteiger partial charge in [-0.15, -0.1) is 5.10 Å². The number of rotatable bonds is 7. The molecule has 0 fully saturated rings. The van der Waals surface area contributed by atoms with E-state index in [9.17, 15) is 22.8 Å². The third-order valence-electron chi connectivity index (χ3n) is 3.51. The van der Waals surface area contributed by atoms with Crippen LogP contribution < -0.4 is 10.6 Å². The summed E-state index contributed by atoms with van der Waals surface area (Å²) in [5.74, 6) is -0.180. The maximum absolute atomic E-state index is 12.6. The second-order valence-corrected chi connectivity index (χ2v) is 6.29. The molecule has 0 saturated heterocycles. The number of amides is 2. The molecule has 0 aliphatic rings. The molecule has 2 amide bonds. The van der Waals surface area contributed by atoms with Crippen LogP contribution in [0.15, 0.2) is 24.3 Å².